The Bertz CT molecular complexity index is 711. The van der Waals surface area contributed by atoms with E-state index in [1.807, 2.05) is 22.9 Å². The number of nitriles is 1. The van der Waals surface area contributed by atoms with E-state index in [0.29, 0.717) is 0 Å². The van der Waals surface area contributed by atoms with E-state index in [1.165, 1.54) is 15.2 Å². The van der Waals surface area contributed by atoms with E-state index >= 15 is 0 Å². The first-order valence-electron chi connectivity index (χ1n) is 5.97. The highest BCUT2D eigenvalue weighted by Gasteiger charge is 2.49. The van der Waals surface area contributed by atoms with Crippen LogP contribution in [-0.4, -0.2) is 19.7 Å². The number of hydrogen-bond donors (Lipinski definition) is 0. The first kappa shape index (κ1) is 17.0. The highest BCUT2D eigenvalue weighted by Crippen LogP contribution is 2.38. The second-order valence-corrected chi connectivity index (χ2v) is 6.43. The van der Waals surface area contributed by atoms with Gasteiger partial charge in [0.25, 0.3) is 5.91 Å². The van der Waals surface area contributed by atoms with Crippen molar-refractivity contribution in [1.29, 1.82) is 5.26 Å². The van der Waals surface area contributed by atoms with E-state index in [-0.39, 0.29) is 10.8 Å². The number of alkyl halides is 3. The third-order valence-corrected chi connectivity index (χ3v) is 5.62. The first-order chi connectivity index (χ1) is 10.0. The molecule has 1 saturated heterocycles. The molecule has 0 bridgehead atoms. The molecule has 0 saturated carbocycles. The molecule has 1 heterocycles. The Morgan fingerprint density at radius 3 is 2.36 bits per heavy atom. The zero-order valence-electron chi connectivity index (χ0n) is 11.4. The standard InChI is InChI=1S/C13H9F3IN3OS/c1-12(2)10(21)19(11(22)20(12)17)8-4-3-7(6-18)9(5-8)13(14,15)16/h3-5H,1-2H3. The van der Waals surface area contributed by atoms with Gasteiger partial charge in [-0.15, -0.1) is 0 Å². The Kier molecular flexibility index (Phi) is 4.12. The summed E-state index contributed by atoms with van der Waals surface area (Å²) in [5.41, 5.74) is -2.55. The van der Waals surface area contributed by atoms with Crippen LogP contribution in [0.15, 0.2) is 18.2 Å². The highest BCUT2D eigenvalue weighted by molar-refractivity contribution is 14.1. The lowest BCUT2D eigenvalue weighted by Gasteiger charge is -2.21. The van der Waals surface area contributed by atoms with Gasteiger partial charge < -0.3 is 0 Å². The van der Waals surface area contributed by atoms with E-state index in [1.54, 1.807) is 13.8 Å². The summed E-state index contributed by atoms with van der Waals surface area (Å²) in [6, 6.07) is 4.59. The van der Waals surface area contributed by atoms with Crippen LogP contribution in [0.3, 0.4) is 0 Å². The molecular weight excluding hydrogens is 430 g/mol. The van der Waals surface area contributed by atoms with E-state index in [2.05, 4.69) is 0 Å². The summed E-state index contributed by atoms with van der Waals surface area (Å²) >= 11 is 7.00. The predicted octanol–water partition coefficient (Wildman–Crippen LogP) is 3.64. The maximum absolute atomic E-state index is 13.0. The summed E-state index contributed by atoms with van der Waals surface area (Å²) in [6.07, 6.45) is -4.69. The minimum Gasteiger partial charge on any atom is -0.276 e. The average molecular weight is 439 g/mol. The van der Waals surface area contributed by atoms with Crippen molar-refractivity contribution in [3.63, 3.8) is 0 Å². The quantitative estimate of drug-likeness (QED) is 0.381. The molecule has 0 N–H and O–H groups in total. The zero-order chi connectivity index (χ0) is 16.9. The summed E-state index contributed by atoms with van der Waals surface area (Å²) in [5.74, 6) is -0.426. The third kappa shape index (κ3) is 2.54. The molecule has 9 heteroatoms. The number of hydrogen-bond acceptors (Lipinski definition) is 3. The molecule has 4 nitrogen and oxygen atoms in total. The van der Waals surface area contributed by atoms with Crippen LogP contribution < -0.4 is 4.90 Å². The average Bonchev–Trinajstić information content (AvgIpc) is 2.58. The van der Waals surface area contributed by atoms with E-state index in [0.717, 1.165) is 17.0 Å². The van der Waals surface area contributed by atoms with Crippen LogP contribution >= 0.6 is 35.1 Å². The second-order valence-electron chi connectivity index (χ2n) is 5.10. The molecule has 0 atom stereocenters. The van der Waals surface area contributed by atoms with E-state index in [4.69, 9.17) is 17.5 Å². The van der Waals surface area contributed by atoms with Crippen molar-refractivity contribution in [2.75, 3.05) is 4.90 Å². The van der Waals surface area contributed by atoms with Gasteiger partial charge in [-0.3, -0.25) is 12.8 Å². The van der Waals surface area contributed by atoms with Crippen LogP contribution in [0, 0.1) is 11.3 Å². The number of carbonyl (C=O) groups excluding carboxylic acids is 1. The highest BCUT2D eigenvalue weighted by atomic mass is 127. The first-order valence-corrected chi connectivity index (χ1v) is 7.35. The number of halogens is 4. The fraction of sp³-hybridized carbons (Fsp3) is 0.308. The minimum atomic E-state index is -4.69. The summed E-state index contributed by atoms with van der Waals surface area (Å²) in [6.45, 7) is 3.25. The van der Waals surface area contributed by atoms with E-state index < -0.39 is 28.7 Å². The Morgan fingerprint density at radius 1 is 1.36 bits per heavy atom. The summed E-state index contributed by atoms with van der Waals surface area (Å²) in [4.78, 5) is 13.5. The normalized spacial score (nSPS) is 17.9. The molecule has 1 aromatic rings. The zero-order valence-corrected chi connectivity index (χ0v) is 14.4. The Hall–Kier alpha value is -1.41. The topological polar surface area (TPSA) is 47.3 Å². The van der Waals surface area contributed by atoms with Crippen LogP contribution in [0.2, 0.25) is 0 Å². The minimum absolute atomic E-state index is 0.00596. The van der Waals surface area contributed by atoms with Gasteiger partial charge in [0.05, 0.1) is 45.7 Å². The van der Waals surface area contributed by atoms with Gasteiger partial charge in [-0.25, -0.2) is 0 Å². The molecule has 0 aliphatic carbocycles. The van der Waals surface area contributed by atoms with Gasteiger partial charge in [0, 0.05) is 0 Å². The van der Waals surface area contributed by atoms with Crippen molar-refractivity contribution in [1.82, 2.24) is 3.11 Å². The lowest BCUT2D eigenvalue weighted by atomic mass is 10.0. The van der Waals surface area contributed by atoms with Crippen molar-refractivity contribution >= 4 is 51.8 Å². The summed E-state index contributed by atoms with van der Waals surface area (Å²) in [7, 11) is 0. The van der Waals surface area contributed by atoms with Crippen LogP contribution in [0.1, 0.15) is 25.0 Å². The molecular formula is C13H9F3IN3OS. The van der Waals surface area contributed by atoms with Gasteiger partial charge in [0.1, 0.15) is 5.54 Å². The molecule has 0 spiro atoms. The maximum Gasteiger partial charge on any atom is 0.417 e. The maximum atomic E-state index is 13.0. The fourth-order valence-electron chi connectivity index (χ4n) is 2.00. The largest absolute Gasteiger partial charge is 0.417 e. The molecule has 0 radical (unpaired) electrons. The van der Waals surface area contributed by atoms with Crippen LogP contribution in [0.25, 0.3) is 0 Å². The fourth-order valence-corrected chi connectivity index (χ4v) is 2.84. The van der Waals surface area contributed by atoms with Gasteiger partial charge in [0.2, 0.25) is 0 Å². The molecule has 116 valence electrons. The van der Waals surface area contributed by atoms with Crippen LogP contribution in [0.5, 0.6) is 0 Å². The molecule has 2 rings (SSSR count). The smallest absolute Gasteiger partial charge is 0.276 e. The van der Waals surface area contributed by atoms with Gasteiger partial charge in [-0.05, 0) is 44.3 Å². The Labute approximate surface area is 144 Å². The number of rotatable bonds is 1. The number of benzene rings is 1. The monoisotopic (exact) mass is 439 g/mol. The van der Waals surface area contributed by atoms with Gasteiger partial charge in [-0.2, -0.15) is 18.4 Å². The molecule has 0 unspecified atom stereocenters. The number of anilines is 1. The van der Waals surface area contributed by atoms with Gasteiger partial charge in [-0.1, -0.05) is 0 Å². The number of carbonyl (C=O) groups is 1. The van der Waals surface area contributed by atoms with Gasteiger partial charge >= 0.3 is 6.18 Å². The van der Waals surface area contributed by atoms with Crippen molar-refractivity contribution in [2.45, 2.75) is 25.6 Å². The van der Waals surface area contributed by atoms with Crippen LogP contribution in [-0.2, 0) is 11.0 Å². The Balaban J connectivity index is 2.58. The van der Waals surface area contributed by atoms with Crippen molar-refractivity contribution < 1.29 is 18.0 Å². The third-order valence-electron chi connectivity index (χ3n) is 3.26. The second kappa shape index (κ2) is 5.34. The van der Waals surface area contributed by atoms with E-state index in [9.17, 15) is 18.0 Å². The molecule has 1 fully saturated rings. The SMILES string of the molecule is CC1(C)C(=O)N(c2ccc(C#N)c(C(F)(F)F)c2)C(=S)N1I. The van der Waals surface area contributed by atoms with Crippen molar-refractivity contribution in [3.05, 3.63) is 29.3 Å². The van der Waals surface area contributed by atoms with Crippen LogP contribution in [0.4, 0.5) is 18.9 Å². The summed E-state index contributed by atoms with van der Waals surface area (Å²) < 4.78 is 40.6. The lowest BCUT2D eigenvalue weighted by molar-refractivity contribution is -0.137. The van der Waals surface area contributed by atoms with Crippen molar-refractivity contribution in [3.8, 4) is 6.07 Å². The summed E-state index contributed by atoms with van der Waals surface area (Å²) in [5, 5.41) is 8.91. The number of thiocarbonyl (C=S) groups is 1. The molecule has 1 amide bonds. The molecule has 0 aromatic heterocycles. The molecule has 1 aliphatic heterocycles. The van der Waals surface area contributed by atoms with Crippen molar-refractivity contribution in [2.24, 2.45) is 0 Å². The molecule has 22 heavy (non-hydrogen) atoms. The number of nitrogens with zero attached hydrogens (tertiary/aromatic N) is 3. The number of amides is 1. The predicted molar refractivity (Wildman–Crippen MR) is 86.2 cm³/mol. The molecule has 1 aromatic carbocycles. The molecule has 1 aliphatic rings. The Morgan fingerprint density at radius 2 is 1.95 bits per heavy atom. The van der Waals surface area contributed by atoms with Gasteiger partial charge in [0.15, 0.2) is 5.11 Å². The lowest BCUT2D eigenvalue weighted by Crippen LogP contribution is -2.39.